The number of likely N-dealkylation sites (tertiary alicyclic amines) is 1. The number of hydrogen-bond acceptors (Lipinski definition) is 4. The predicted octanol–water partition coefficient (Wildman–Crippen LogP) is 2.98. The lowest BCUT2D eigenvalue weighted by molar-refractivity contribution is 0.245. The third-order valence-electron chi connectivity index (χ3n) is 4.96. The van der Waals surface area contributed by atoms with E-state index in [-0.39, 0.29) is 0 Å². The van der Waals surface area contributed by atoms with E-state index in [4.69, 9.17) is 9.73 Å². The quantitative estimate of drug-likeness (QED) is 0.544. The summed E-state index contributed by atoms with van der Waals surface area (Å²) in [6.45, 7) is 6.53. The molecule has 0 aliphatic carbocycles. The van der Waals surface area contributed by atoms with Crippen LogP contribution in [0.25, 0.3) is 0 Å². The fraction of sp³-hybridized carbons (Fsp3) is 0.455. The maximum Gasteiger partial charge on any atom is 0.213 e. The van der Waals surface area contributed by atoms with Gasteiger partial charge in [0.15, 0.2) is 5.96 Å². The average Bonchev–Trinajstić information content (AvgIpc) is 3.27. The number of hydrogen-bond donors (Lipinski definition) is 2. The van der Waals surface area contributed by atoms with E-state index in [1.807, 2.05) is 18.2 Å². The molecule has 0 saturated carbocycles. The highest BCUT2D eigenvalue weighted by atomic mass is 16.5. The molecule has 0 spiro atoms. The predicted molar refractivity (Wildman–Crippen MR) is 114 cm³/mol. The summed E-state index contributed by atoms with van der Waals surface area (Å²) in [5.41, 5.74) is 2.23. The first kappa shape index (κ1) is 20.1. The Morgan fingerprint density at radius 2 is 1.89 bits per heavy atom. The minimum atomic E-state index is 0.350. The van der Waals surface area contributed by atoms with Crippen LogP contribution in [0.2, 0.25) is 0 Å². The summed E-state index contributed by atoms with van der Waals surface area (Å²) in [6.07, 6.45) is 2.55. The first-order valence-corrected chi connectivity index (χ1v) is 10.1. The zero-order chi connectivity index (χ0) is 19.6. The zero-order valence-electron chi connectivity index (χ0n) is 16.9. The molecular formula is C22H31N5O. The summed E-state index contributed by atoms with van der Waals surface area (Å²) in [5, 5.41) is 6.87. The first-order valence-electron chi connectivity index (χ1n) is 10.1. The number of benzene rings is 1. The largest absolute Gasteiger partial charge is 0.481 e. The average molecular weight is 382 g/mol. The van der Waals surface area contributed by atoms with Crippen molar-refractivity contribution in [1.29, 1.82) is 0 Å². The summed E-state index contributed by atoms with van der Waals surface area (Å²) >= 11 is 0. The second-order valence-corrected chi connectivity index (χ2v) is 6.92. The molecule has 6 heteroatoms. The van der Waals surface area contributed by atoms with Gasteiger partial charge in [-0.1, -0.05) is 36.4 Å². The van der Waals surface area contributed by atoms with Gasteiger partial charge in [-0.3, -0.25) is 4.90 Å². The van der Waals surface area contributed by atoms with Crippen molar-refractivity contribution in [2.45, 2.75) is 32.4 Å². The molecule has 6 nitrogen and oxygen atoms in total. The monoisotopic (exact) mass is 381 g/mol. The molecule has 3 rings (SSSR count). The third-order valence-corrected chi connectivity index (χ3v) is 4.96. The SMILES string of the molecule is CCNC(=NCc1cccc(OC)n1)NCC(c1ccccc1)N1CCCC1. The number of rotatable bonds is 8. The van der Waals surface area contributed by atoms with Crippen molar-refractivity contribution in [3.05, 3.63) is 59.8 Å². The molecule has 1 aliphatic rings. The number of ether oxygens (including phenoxy) is 1. The highest BCUT2D eigenvalue weighted by Gasteiger charge is 2.23. The molecule has 2 heterocycles. The molecule has 150 valence electrons. The van der Waals surface area contributed by atoms with Crippen LogP contribution in [0.3, 0.4) is 0 Å². The van der Waals surface area contributed by atoms with Gasteiger partial charge in [-0.15, -0.1) is 0 Å². The van der Waals surface area contributed by atoms with Crippen LogP contribution in [0, 0.1) is 0 Å². The van der Waals surface area contributed by atoms with Crippen LogP contribution in [0.1, 0.15) is 37.1 Å². The Bertz CT molecular complexity index is 744. The Hall–Kier alpha value is -2.60. The van der Waals surface area contributed by atoms with Gasteiger partial charge in [-0.25, -0.2) is 9.98 Å². The topological polar surface area (TPSA) is 61.8 Å². The molecule has 0 bridgehead atoms. The summed E-state index contributed by atoms with van der Waals surface area (Å²) in [4.78, 5) is 11.7. The number of nitrogens with zero attached hydrogens (tertiary/aromatic N) is 3. The molecule has 0 amide bonds. The van der Waals surface area contributed by atoms with E-state index < -0.39 is 0 Å². The van der Waals surface area contributed by atoms with Gasteiger partial charge in [0.25, 0.3) is 0 Å². The summed E-state index contributed by atoms with van der Waals surface area (Å²) in [7, 11) is 1.63. The Morgan fingerprint density at radius 3 is 2.61 bits per heavy atom. The van der Waals surface area contributed by atoms with Gasteiger partial charge < -0.3 is 15.4 Å². The number of aliphatic imine (C=N–C) groups is 1. The number of pyridine rings is 1. The van der Waals surface area contributed by atoms with Crippen LogP contribution >= 0.6 is 0 Å². The highest BCUT2D eigenvalue weighted by Crippen LogP contribution is 2.24. The Labute approximate surface area is 168 Å². The van der Waals surface area contributed by atoms with Gasteiger partial charge in [0.1, 0.15) is 0 Å². The molecule has 0 radical (unpaired) electrons. The molecule has 2 N–H and O–H groups in total. The van der Waals surface area contributed by atoms with Crippen molar-refractivity contribution in [3.63, 3.8) is 0 Å². The minimum absolute atomic E-state index is 0.350. The van der Waals surface area contributed by atoms with E-state index in [0.29, 0.717) is 18.5 Å². The minimum Gasteiger partial charge on any atom is -0.481 e. The maximum absolute atomic E-state index is 5.20. The Morgan fingerprint density at radius 1 is 1.11 bits per heavy atom. The van der Waals surface area contributed by atoms with Crippen molar-refractivity contribution in [3.8, 4) is 5.88 Å². The van der Waals surface area contributed by atoms with E-state index in [1.54, 1.807) is 7.11 Å². The fourth-order valence-electron chi connectivity index (χ4n) is 3.54. The van der Waals surface area contributed by atoms with Crippen LogP contribution in [-0.2, 0) is 6.54 Å². The maximum atomic E-state index is 5.20. The summed E-state index contributed by atoms with van der Waals surface area (Å²) < 4.78 is 5.20. The number of guanidine groups is 1. The van der Waals surface area contributed by atoms with Gasteiger partial charge in [0.05, 0.1) is 25.4 Å². The first-order chi connectivity index (χ1) is 13.8. The van der Waals surface area contributed by atoms with Crippen LogP contribution < -0.4 is 15.4 Å². The number of nitrogens with one attached hydrogen (secondary N) is 2. The van der Waals surface area contributed by atoms with Gasteiger partial charge in [-0.05, 0) is 44.5 Å². The van der Waals surface area contributed by atoms with Crippen molar-refractivity contribution >= 4 is 5.96 Å². The fourth-order valence-corrected chi connectivity index (χ4v) is 3.54. The standard InChI is InChI=1S/C22H31N5O/c1-3-23-22(24-16-19-12-9-13-21(26-19)28-2)25-17-20(27-14-7-8-15-27)18-10-5-4-6-11-18/h4-6,9-13,20H,3,7-8,14-17H2,1-2H3,(H2,23,24,25). The van der Waals surface area contributed by atoms with Crippen LogP contribution in [0.4, 0.5) is 0 Å². The lowest BCUT2D eigenvalue weighted by Crippen LogP contribution is -2.42. The number of aromatic nitrogens is 1. The normalized spacial score (nSPS) is 16.0. The van der Waals surface area contributed by atoms with Gasteiger partial charge in [0.2, 0.25) is 5.88 Å². The van der Waals surface area contributed by atoms with E-state index in [2.05, 4.69) is 57.8 Å². The summed E-state index contributed by atoms with van der Waals surface area (Å²) in [5.74, 6) is 1.43. The van der Waals surface area contributed by atoms with Crippen molar-refractivity contribution < 1.29 is 4.74 Å². The van der Waals surface area contributed by atoms with Crippen LogP contribution in [0.15, 0.2) is 53.5 Å². The van der Waals surface area contributed by atoms with E-state index in [9.17, 15) is 0 Å². The molecule has 1 saturated heterocycles. The third kappa shape index (κ3) is 5.70. The molecule has 28 heavy (non-hydrogen) atoms. The smallest absolute Gasteiger partial charge is 0.213 e. The molecule has 2 aromatic rings. The lowest BCUT2D eigenvalue weighted by atomic mass is 10.1. The molecular weight excluding hydrogens is 350 g/mol. The van der Waals surface area contributed by atoms with E-state index >= 15 is 0 Å². The second kappa shape index (κ2) is 10.7. The van der Waals surface area contributed by atoms with Crippen molar-refractivity contribution in [2.75, 3.05) is 33.3 Å². The van der Waals surface area contributed by atoms with E-state index in [1.165, 1.54) is 18.4 Å². The Balaban J connectivity index is 1.67. The van der Waals surface area contributed by atoms with Crippen LogP contribution in [-0.4, -0.2) is 49.1 Å². The van der Waals surface area contributed by atoms with Crippen molar-refractivity contribution in [1.82, 2.24) is 20.5 Å². The molecule has 1 unspecified atom stereocenters. The second-order valence-electron chi connectivity index (χ2n) is 6.92. The van der Waals surface area contributed by atoms with Gasteiger partial charge in [-0.2, -0.15) is 0 Å². The zero-order valence-corrected chi connectivity index (χ0v) is 16.9. The highest BCUT2D eigenvalue weighted by molar-refractivity contribution is 5.79. The molecule has 1 aromatic heterocycles. The van der Waals surface area contributed by atoms with Crippen molar-refractivity contribution in [2.24, 2.45) is 4.99 Å². The molecule has 1 fully saturated rings. The lowest BCUT2D eigenvalue weighted by Gasteiger charge is -2.29. The molecule has 1 atom stereocenters. The van der Waals surface area contributed by atoms with Gasteiger partial charge in [0, 0.05) is 19.2 Å². The van der Waals surface area contributed by atoms with Gasteiger partial charge >= 0.3 is 0 Å². The number of methoxy groups -OCH3 is 1. The van der Waals surface area contributed by atoms with Crippen LogP contribution in [0.5, 0.6) is 5.88 Å². The van der Waals surface area contributed by atoms with E-state index in [0.717, 1.165) is 37.8 Å². The Kier molecular flexibility index (Phi) is 7.67. The molecule has 1 aliphatic heterocycles. The summed E-state index contributed by atoms with van der Waals surface area (Å²) in [6, 6.07) is 16.8. The molecule has 1 aromatic carbocycles.